The topological polar surface area (TPSA) is 279 Å². The molecule has 0 aromatic heterocycles. The molecular weight excluding hydrogens is 724 g/mol. The first-order chi connectivity index (χ1) is 26.4. The van der Waals surface area contributed by atoms with Gasteiger partial charge in [0.15, 0.2) is 0 Å². The first-order valence-electron chi connectivity index (χ1n) is 17.6. The van der Waals surface area contributed by atoms with Crippen LogP contribution in [0.1, 0.15) is 55.6 Å². The Morgan fingerprint density at radius 3 is 1.58 bits per heavy atom. The molecule has 0 radical (unpaired) electrons. The maximum atomic E-state index is 13.3. The van der Waals surface area contributed by atoms with Crippen molar-refractivity contribution in [1.29, 1.82) is 0 Å². The Morgan fingerprint density at radius 2 is 1.15 bits per heavy atom. The summed E-state index contributed by atoms with van der Waals surface area (Å²) in [6.45, 7) is -0.413. The molecule has 0 atom stereocenters. The third-order valence-electron chi connectivity index (χ3n) is 8.19. The molecule has 3 rings (SSSR count). The molecule has 55 heavy (non-hydrogen) atoms. The molecule has 1 aliphatic carbocycles. The summed E-state index contributed by atoms with van der Waals surface area (Å²) in [5, 5.41) is 33.4. The minimum atomic E-state index is -1.17. The van der Waals surface area contributed by atoms with E-state index in [9.17, 15) is 33.6 Å². The predicted molar refractivity (Wildman–Crippen MR) is 195 cm³/mol. The Morgan fingerprint density at radius 1 is 0.691 bits per heavy atom. The Hall–Kier alpha value is -5.43. The highest BCUT2D eigenvalue weighted by Crippen LogP contribution is 2.44. The molecule has 0 bridgehead atoms. The van der Waals surface area contributed by atoms with Gasteiger partial charge in [0.2, 0.25) is 11.8 Å². The van der Waals surface area contributed by atoms with Crippen LogP contribution < -0.4 is 21.7 Å². The fourth-order valence-electron chi connectivity index (χ4n) is 5.72. The Balaban J connectivity index is 0.00000117. The molecule has 0 heterocycles. The Kier molecular flexibility index (Phi) is 21.3. The number of carbonyl (C=O) groups excluding carboxylic acids is 4. The number of hydrogen-bond acceptors (Lipinski definition) is 12. The van der Waals surface area contributed by atoms with Gasteiger partial charge in [-0.25, -0.2) is 19.2 Å². The van der Waals surface area contributed by atoms with Crippen LogP contribution in [0.25, 0.3) is 11.1 Å². The number of alkyl carbamates (subject to hydrolysis) is 1. The molecule has 302 valence electrons. The summed E-state index contributed by atoms with van der Waals surface area (Å²) in [4.78, 5) is 81.0. The lowest BCUT2D eigenvalue weighted by Crippen LogP contribution is -2.50. The van der Waals surface area contributed by atoms with Crippen LogP contribution in [0.2, 0.25) is 0 Å². The fourth-order valence-corrected chi connectivity index (χ4v) is 5.72. The number of rotatable bonds is 26. The molecule has 2 aromatic rings. The smallest absolute Gasteiger partial charge is 0.407 e. The number of amides is 3. The predicted octanol–water partition coefficient (Wildman–Crippen LogP) is 1.28. The van der Waals surface area contributed by atoms with Gasteiger partial charge in [-0.15, -0.1) is 0 Å². The van der Waals surface area contributed by atoms with E-state index in [1.807, 2.05) is 48.5 Å². The number of aliphatic carboxylic acids is 3. The van der Waals surface area contributed by atoms with Gasteiger partial charge in [0, 0.05) is 50.4 Å². The molecular formula is C37H50N4O14. The zero-order chi connectivity index (χ0) is 40.5. The highest BCUT2D eigenvalue weighted by atomic mass is 16.5. The van der Waals surface area contributed by atoms with E-state index in [0.29, 0.717) is 19.4 Å². The summed E-state index contributed by atoms with van der Waals surface area (Å²) in [6.07, 6.45) is 0.0853. The van der Waals surface area contributed by atoms with Gasteiger partial charge in [0.1, 0.15) is 32.7 Å². The van der Waals surface area contributed by atoms with Crippen molar-refractivity contribution in [3.05, 3.63) is 59.7 Å². The number of ether oxygens (including phenoxy) is 4. The highest BCUT2D eigenvalue weighted by Gasteiger charge is 2.35. The van der Waals surface area contributed by atoms with E-state index in [-0.39, 0.29) is 84.0 Å². The average Bonchev–Trinajstić information content (AvgIpc) is 3.47. The van der Waals surface area contributed by atoms with Crippen LogP contribution in [-0.4, -0.2) is 129 Å². The molecule has 18 nitrogen and oxygen atoms in total. The number of carbonyl (C=O) groups is 7. The van der Waals surface area contributed by atoms with E-state index in [4.69, 9.17) is 35.3 Å². The summed E-state index contributed by atoms with van der Waals surface area (Å²) in [6, 6.07) is 15.8. The lowest BCUT2D eigenvalue weighted by molar-refractivity contribution is -0.143. The van der Waals surface area contributed by atoms with Crippen molar-refractivity contribution in [3.63, 3.8) is 0 Å². The SMILES string of the molecule is NCCOCC(=O)O.O=CCCC(CCC(=O)NCCOCC(=O)O)(CCC(=O)NCCOCC(=O)O)NC(=O)OCC1c2ccccc2-c2ccccc21. The second kappa shape index (κ2) is 25.6. The maximum absolute atomic E-state index is 13.3. The van der Waals surface area contributed by atoms with E-state index in [2.05, 4.69) is 20.7 Å². The average molecular weight is 775 g/mol. The van der Waals surface area contributed by atoms with Crippen molar-refractivity contribution < 1.29 is 67.8 Å². The van der Waals surface area contributed by atoms with Crippen LogP contribution in [0.5, 0.6) is 0 Å². The third-order valence-corrected chi connectivity index (χ3v) is 8.19. The Labute approximate surface area is 318 Å². The summed E-state index contributed by atoms with van der Waals surface area (Å²) >= 11 is 0. The molecule has 8 N–H and O–H groups in total. The molecule has 0 saturated heterocycles. The van der Waals surface area contributed by atoms with Crippen molar-refractivity contribution in [1.82, 2.24) is 16.0 Å². The third kappa shape index (κ3) is 18.0. The lowest BCUT2D eigenvalue weighted by atomic mass is 9.83. The molecule has 1 aliphatic rings. The number of hydrogen-bond donors (Lipinski definition) is 7. The molecule has 0 spiro atoms. The summed E-state index contributed by atoms with van der Waals surface area (Å²) in [5.41, 5.74) is 8.02. The van der Waals surface area contributed by atoms with Crippen LogP contribution in [0.15, 0.2) is 48.5 Å². The zero-order valence-corrected chi connectivity index (χ0v) is 30.5. The van der Waals surface area contributed by atoms with Crippen LogP contribution in [0.4, 0.5) is 4.79 Å². The molecule has 0 unspecified atom stereocenters. The van der Waals surface area contributed by atoms with Gasteiger partial charge in [-0.1, -0.05) is 48.5 Å². The zero-order valence-electron chi connectivity index (χ0n) is 30.5. The monoisotopic (exact) mass is 774 g/mol. The first-order valence-corrected chi connectivity index (χ1v) is 17.6. The van der Waals surface area contributed by atoms with Crippen molar-refractivity contribution in [2.24, 2.45) is 5.73 Å². The Bertz CT molecular complexity index is 1480. The molecule has 0 fully saturated rings. The van der Waals surface area contributed by atoms with E-state index < -0.39 is 54.6 Å². The van der Waals surface area contributed by atoms with Gasteiger partial charge < -0.3 is 60.7 Å². The standard InChI is InChI=1S/C33H41N3O11.C4H9NO3/c37-17-5-12-33(13-10-28(38)34-15-18-45-21-30(40)41,14-11-29(39)35-16-19-46-22-31(42)43)36-32(44)47-20-27-25-8-3-1-6-23(25)24-7-2-4-9-26(24)27;5-1-2-8-3-4(6)7/h1-4,6-9,17,27H,5,10-16,18-22H2,(H,34,38)(H,35,39)(H,36,44)(H,40,41)(H,42,43);1-3,5H2,(H,6,7). The van der Waals surface area contributed by atoms with Gasteiger partial charge in [-0.2, -0.15) is 0 Å². The van der Waals surface area contributed by atoms with Crippen LogP contribution in [0.3, 0.4) is 0 Å². The number of carboxylic acid groups (broad SMARTS) is 3. The van der Waals surface area contributed by atoms with Crippen LogP contribution >= 0.6 is 0 Å². The van der Waals surface area contributed by atoms with Crippen LogP contribution in [0, 0.1) is 0 Å². The molecule has 18 heteroatoms. The molecule has 3 amide bonds. The number of aldehydes is 1. The second-order valence-electron chi connectivity index (χ2n) is 12.3. The summed E-state index contributed by atoms with van der Waals surface area (Å²) in [7, 11) is 0. The van der Waals surface area contributed by atoms with Gasteiger partial charge in [-0.3, -0.25) is 9.59 Å². The minimum absolute atomic E-state index is 0.0112. The molecule has 2 aromatic carbocycles. The number of nitrogens with one attached hydrogen (secondary N) is 3. The molecule has 0 aliphatic heterocycles. The quantitative estimate of drug-likeness (QED) is 0.0524. The van der Waals surface area contributed by atoms with Gasteiger partial charge in [-0.05, 0) is 41.5 Å². The van der Waals surface area contributed by atoms with Crippen molar-refractivity contribution in [3.8, 4) is 11.1 Å². The van der Waals surface area contributed by atoms with Gasteiger partial charge in [0.05, 0.1) is 19.8 Å². The van der Waals surface area contributed by atoms with Crippen molar-refractivity contribution in [2.75, 3.05) is 65.9 Å². The minimum Gasteiger partial charge on any atom is -0.480 e. The number of fused-ring (bicyclic) bond motifs is 3. The van der Waals surface area contributed by atoms with Gasteiger partial charge in [0.25, 0.3) is 0 Å². The first kappa shape index (κ1) is 45.7. The highest BCUT2D eigenvalue weighted by molar-refractivity contribution is 5.80. The maximum Gasteiger partial charge on any atom is 0.407 e. The fraction of sp³-hybridized carbons (Fsp3) is 0.486. The molecule has 0 saturated carbocycles. The van der Waals surface area contributed by atoms with Crippen LogP contribution in [-0.2, 0) is 47.7 Å². The van der Waals surface area contributed by atoms with Crippen molar-refractivity contribution >= 4 is 42.1 Å². The van der Waals surface area contributed by atoms with E-state index >= 15 is 0 Å². The van der Waals surface area contributed by atoms with Crippen molar-refractivity contribution in [2.45, 2.75) is 50.0 Å². The number of benzene rings is 2. The number of carboxylic acids is 3. The van der Waals surface area contributed by atoms with E-state index in [1.54, 1.807) is 0 Å². The van der Waals surface area contributed by atoms with E-state index in [1.165, 1.54) is 0 Å². The summed E-state index contributed by atoms with van der Waals surface area (Å²) in [5.74, 6) is -4.21. The van der Waals surface area contributed by atoms with E-state index in [0.717, 1.165) is 22.3 Å². The largest absolute Gasteiger partial charge is 0.480 e. The number of nitrogens with two attached hydrogens (primary N) is 1. The second-order valence-corrected chi connectivity index (χ2v) is 12.3. The normalized spacial score (nSPS) is 11.6. The lowest BCUT2D eigenvalue weighted by Gasteiger charge is -2.34. The van der Waals surface area contributed by atoms with Gasteiger partial charge >= 0.3 is 24.0 Å². The summed E-state index contributed by atoms with van der Waals surface area (Å²) < 4.78 is 20.1.